The summed E-state index contributed by atoms with van der Waals surface area (Å²) in [7, 11) is 0. The third kappa shape index (κ3) is 3.02. The van der Waals surface area contributed by atoms with Gasteiger partial charge >= 0.3 is 0 Å². The van der Waals surface area contributed by atoms with E-state index in [0.717, 1.165) is 23.3 Å². The van der Waals surface area contributed by atoms with Crippen molar-refractivity contribution in [3.63, 3.8) is 0 Å². The molecule has 1 fully saturated rings. The fourth-order valence-corrected chi connectivity index (χ4v) is 2.70. The summed E-state index contributed by atoms with van der Waals surface area (Å²) in [5.41, 5.74) is 6.38. The van der Waals surface area contributed by atoms with Crippen molar-refractivity contribution in [3.8, 4) is 5.75 Å². The Kier molecular flexibility index (Phi) is 4.09. The first-order valence-corrected chi connectivity index (χ1v) is 7.91. The van der Waals surface area contributed by atoms with E-state index in [0.29, 0.717) is 24.7 Å². The van der Waals surface area contributed by atoms with Gasteiger partial charge < -0.3 is 20.5 Å². The zero-order valence-corrected chi connectivity index (χ0v) is 13.6. The number of ether oxygens (including phenoxy) is 2. The van der Waals surface area contributed by atoms with Gasteiger partial charge in [0.25, 0.3) is 5.91 Å². The van der Waals surface area contributed by atoms with E-state index in [1.807, 2.05) is 0 Å². The van der Waals surface area contributed by atoms with Crippen molar-refractivity contribution in [2.24, 2.45) is 0 Å². The van der Waals surface area contributed by atoms with E-state index >= 15 is 0 Å². The number of nitrogens with zero attached hydrogens (tertiary/aromatic N) is 4. The van der Waals surface area contributed by atoms with Crippen LogP contribution in [0, 0.1) is 5.82 Å². The Bertz CT molecular complexity index is 970. The van der Waals surface area contributed by atoms with Crippen LogP contribution < -0.4 is 15.8 Å². The molecule has 1 aliphatic heterocycles. The number of hydrogen-bond acceptors (Lipinski definition) is 7. The molecule has 3 N–H and O–H groups in total. The van der Waals surface area contributed by atoms with Crippen LogP contribution in [-0.4, -0.2) is 44.8 Å². The molecule has 0 aliphatic carbocycles. The molecule has 3 aromatic heterocycles. The molecule has 0 bridgehead atoms. The van der Waals surface area contributed by atoms with E-state index in [1.54, 1.807) is 12.3 Å². The summed E-state index contributed by atoms with van der Waals surface area (Å²) in [4.78, 5) is 20.6. The minimum Gasteiger partial charge on any atom is -0.486 e. The van der Waals surface area contributed by atoms with E-state index in [2.05, 4.69) is 20.4 Å². The summed E-state index contributed by atoms with van der Waals surface area (Å²) in [5.74, 6) is -0.722. The van der Waals surface area contributed by atoms with Gasteiger partial charge in [-0.3, -0.25) is 9.78 Å². The Morgan fingerprint density at radius 2 is 2.35 bits per heavy atom. The fourth-order valence-electron chi connectivity index (χ4n) is 2.70. The van der Waals surface area contributed by atoms with Crippen LogP contribution in [0.25, 0.3) is 5.65 Å². The number of anilines is 2. The average Bonchev–Trinajstić information content (AvgIpc) is 3.23. The normalized spacial score (nSPS) is 16.7. The third-order valence-electron chi connectivity index (χ3n) is 3.91. The second kappa shape index (κ2) is 6.56. The number of fused-ring (bicyclic) bond motifs is 1. The van der Waals surface area contributed by atoms with Crippen LogP contribution in [0.2, 0.25) is 0 Å². The van der Waals surface area contributed by atoms with Gasteiger partial charge in [-0.05, 0) is 0 Å². The standard InChI is InChI=1S/C16H15FN6O3/c17-9-5-20-15-13(14(18)22-23(15)7-9)16(24)21-11-6-19-3-1-12(11)26-10-2-4-25-8-10/h1,3,5-7,10H,2,4,8H2,(H2,18,22)(H,21,24)/t10-/m1/s1. The number of hydrogen-bond donors (Lipinski definition) is 2. The minimum atomic E-state index is -0.589. The van der Waals surface area contributed by atoms with Crippen molar-refractivity contribution in [2.75, 3.05) is 24.3 Å². The lowest BCUT2D eigenvalue weighted by atomic mass is 10.2. The van der Waals surface area contributed by atoms with Crippen LogP contribution in [-0.2, 0) is 4.74 Å². The number of halogens is 1. The van der Waals surface area contributed by atoms with E-state index in [-0.39, 0.29) is 23.1 Å². The van der Waals surface area contributed by atoms with Gasteiger partial charge in [0, 0.05) is 18.7 Å². The Morgan fingerprint density at radius 1 is 1.46 bits per heavy atom. The monoisotopic (exact) mass is 358 g/mol. The van der Waals surface area contributed by atoms with Gasteiger partial charge in [-0.15, -0.1) is 5.10 Å². The van der Waals surface area contributed by atoms with Crippen molar-refractivity contribution in [2.45, 2.75) is 12.5 Å². The van der Waals surface area contributed by atoms with Gasteiger partial charge in [0.15, 0.2) is 17.3 Å². The number of pyridine rings is 1. The third-order valence-corrected chi connectivity index (χ3v) is 3.91. The second-order valence-electron chi connectivity index (χ2n) is 5.73. The molecule has 4 heterocycles. The van der Waals surface area contributed by atoms with E-state index in [1.165, 1.54) is 6.20 Å². The van der Waals surface area contributed by atoms with Gasteiger partial charge in [0.05, 0.1) is 31.8 Å². The summed E-state index contributed by atoms with van der Waals surface area (Å²) in [5, 5.41) is 6.61. The van der Waals surface area contributed by atoms with Crippen molar-refractivity contribution in [3.05, 3.63) is 42.2 Å². The van der Waals surface area contributed by atoms with Gasteiger partial charge in [0.2, 0.25) is 0 Å². The molecule has 0 aromatic carbocycles. The lowest BCUT2D eigenvalue weighted by molar-refractivity contribution is 0.102. The van der Waals surface area contributed by atoms with Crippen LogP contribution >= 0.6 is 0 Å². The lowest BCUT2D eigenvalue weighted by Gasteiger charge is -2.15. The first kappa shape index (κ1) is 16.2. The van der Waals surface area contributed by atoms with E-state index in [4.69, 9.17) is 15.2 Å². The highest BCUT2D eigenvalue weighted by molar-refractivity contribution is 6.11. The molecule has 9 nitrogen and oxygen atoms in total. The number of rotatable bonds is 4. The van der Waals surface area contributed by atoms with Crippen LogP contribution in [0.4, 0.5) is 15.9 Å². The Hall–Kier alpha value is -3.27. The van der Waals surface area contributed by atoms with E-state index < -0.39 is 11.7 Å². The predicted molar refractivity (Wildman–Crippen MR) is 89.4 cm³/mol. The first-order chi connectivity index (χ1) is 12.6. The number of nitrogen functional groups attached to an aromatic ring is 1. The fraction of sp³-hybridized carbons (Fsp3) is 0.250. The zero-order chi connectivity index (χ0) is 18.1. The molecule has 134 valence electrons. The Labute approximate surface area is 146 Å². The highest BCUT2D eigenvalue weighted by Crippen LogP contribution is 2.27. The van der Waals surface area contributed by atoms with E-state index in [9.17, 15) is 9.18 Å². The number of nitrogens with one attached hydrogen (secondary N) is 1. The molecule has 0 unspecified atom stereocenters. The summed E-state index contributed by atoms with van der Waals surface area (Å²) in [6.45, 7) is 1.13. The van der Waals surface area contributed by atoms with Crippen LogP contribution in [0.3, 0.4) is 0 Å². The largest absolute Gasteiger partial charge is 0.486 e. The number of aromatic nitrogens is 4. The maximum absolute atomic E-state index is 13.3. The van der Waals surface area contributed by atoms with Crippen molar-refractivity contribution in [1.29, 1.82) is 0 Å². The molecular formula is C16H15FN6O3. The highest BCUT2D eigenvalue weighted by atomic mass is 19.1. The lowest BCUT2D eigenvalue weighted by Crippen LogP contribution is -2.19. The maximum Gasteiger partial charge on any atom is 0.263 e. The first-order valence-electron chi connectivity index (χ1n) is 7.91. The molecule has 3 aromatic rings. The summed E-state index contributed by atoms with van der Waals surface area (Å²) in [6, 6.07) is 1.65. The highest BCUT2D eigenvalue weighted by Gasteiger charge is 2.23. The molecule has 0 saturated carbocycles. The average molecular weight is 358 g/mol. The van der Waals surface area contributed by atoms with Gasteiger partial charge in [-0.25, -0.2) is 13.9 Å². The Morgan fingerprint density at radius 3 is 3.15 bits per heavy atom. The summed E-state index contributed by atoms with van der Waals surface area (Å²) in [6.07, 6.45) is 5.80. The summed E-state index contributed by atoms with van der Waals surface area (Å²) >= 11 is 0. The van der Waals surface area contributed by atoms with Crippen LogP contribution in [0.1, 0.15) is 16.8 Å². The SMILES string of the molecule is Nc1nn2cc(F)cnc2c1C(=O)Nc1cnccc1O[C@@H]1CCOC1. The molecule has 0 radical (unpaired) electrons. The molecule has 10 heteroatoms. The molecule has 1 saturated heterocycles. The second-order valence-corrected chi connectivity index (χ2v) is 5.73. The molecular weight excluding hydrogens is 343 g/mol. The maximum atomic E-state index is 13.3. The van der Waals surface area contributed by atoms with Crippen molar-refractivity contribution in [1.82, 2.24) is 19.6 Å². The summed E-state index contributed by atoms with van der Waals surface area (Å²) < 4.78 is 25.5. The number of nitrogens with two attached hydrogens (primary N) is 1. The number of carbonyl (C=O) groups is 1. The van der Waals surface area contributed by atoms with Crippen molar-refractivity contribution >= 4 is 23.1 Å². The Balaban J connectivity index is 1.62. The molecule has 0 spiro atoms. The number of amides is 1. The zero-order valence-electron chi connectivity index (χ0n) is 13.6. The predicted octanol–water partition coefficient (Wildman–Crippen LogP) is 1.27. The smallest absolute Gasteiger partial charge is 0.263 e. The quantitative estimate of drug-likeness (QED) is 0.721. The van der Waals surface area contributed by atoms with Crippen LogP contribution in [0.15, 0.2) is 30.9 Å². The van der Waals surface area contributed by atoms with Gasteiger partial charge in [-0.1, -0.05) is 0 Å². The van der Waals surface area contributed by atoms with Crippen LogP contribution in [0.5, 0.6) is 5.75 Å². The molecule has 26 heavy (non-hydrogen) atoms. The topological polar surface area (TPSA) is 117 Å². The molecule has 1 aliphatic rings. The van der Waals surface area contributed by atoms with Gasteiger partial charge in [-0.2, -0.15) is 0 Å². The van der Waals surface area contributed by atoms with Gasteiger partial charge in [0.1, 0.15) is 23.1 Å². The molecule has 4 rings (SSSR count). The minimum absolute atomic E-state index is 0.0454. The van der Waals surface area contributed by atoms with Crippen molar-refractivity contribution < 1.29 is 18.7 Å². The number of carbonyl (C=O) groups excluding carboxylic acids is 1. The molecule has 1 amide bonds. The molecule has 1 atom stereocenters.